The summed E-state index contributed by atoms with van der Waals surface area (Å²) in [5.74, 6) is 1.73. The molecule has 1 aromatic heterocycles. The third-order valence-corrected chi connectivity index (χ3v) is 5.77. The van der Waals surface area contributed by atoms with E-state index in [0.717, 1.165) is 23.4 Å². The predicted molar refractivity (Wildman–Crippen MR) is 111 cm³/mol. The first-order chi connectivity index (χ1) is 14.7. The number of hydrogen-bond donors (Lipinski definition) is 0. The van der Waals surface area contributed by atoms with Crippen molar-refractivity contribution in [1.29, 1.82) is 5.26 Å². The monoisotopic (exact) mass is 396 g/mol. The van der Waals surface area contributed by atoms with Crippen molar-refractivity contribution in [2.45, 2.75) is 19.1 Å². The fourth-order valence-electron chi connectivity index (χ4n) is 4.27. The van der Waals surface area contributed by atoms with Gasteiger partial charge in [0, 0.05) is 30.1 Å². The van der Waals surface area contributed by atoms with E-state index in [4.69, 9.17) is 4.74 Å². The quantitative estimate of drug-likeness (QED) is 0.490. The van der Waals surface area contributed by atoms with Crippen molar-refractivity contribution in [1.82, 2.24) is 14.8 Å². The van der Waals surface area contributed by atoms with E-state index in [1.807, 2.05) is 60.7 Å². The highest BCUT2D eigenvalue weighted by atomic mass is 16.5. The van der Waals surface area contributed by atoms with E-state index >= 15 is 0 Å². The predicted octanol–water partition coefficient (Wildman–Crippen LogP) is 4.12. The summed E-state index contributed by atoms with van der Waals surface area (Å²) in [6.07, 6.45) is 5.57. The number of nitriles is 1. The van der Waals surface area contributed by atoms with Crippen LogP contribution in [0.25, 0.3) is 11.1 Å². The molecule has 148 valence electrons. The van der Waals surface area contributed by atoms with Crippen molar-refractivity contribution in [3.8, 4) is 28.8 Å². The fraction of sp³-hybridized carbons (Fsp3) is 0.208. The van der Waals surface area contributed by atoms with Gasteiger partial charge < -0.3 is 9.64 Å². The number of nitrogens with zero attached hydrogens (tertiary/aromatic N) is 4. The molecule has 2 aliphatic heterocycles. The standard InChI is InChI=1S/C24H20N4O2/c1-16-14-27(15-25)23-22(16)28(23)24(29)18-9-7-17(8-10-18)20-13-26-12-11-21(20)30-19-5-3-2-4-6-19/h2-13,16,22-23H,14H2,1H3/t16?,22-,23?,28?/m1/s1. The Morgan fingerprint density at radius 3 is 2.63 bits per heavy atom. The van der Waals surface area contributed by atoms with Gasteiger partial charge in [-0.05, 0) is 41.8 Å². The molecule has 6 heteroatoms. The van der Waals surface area contributed by atoms with Crippen LogP contribution in [0.3, 0.4) is 0 Å². The van der Waals surface area contributed by atoms with Crippen molar-refractivity contribution in [2.75, 3.05) is 6.54 Å². The molecule has 0 radical (unpaired) electrons. The Labute approximate surface area is 174 Å². The molecule has 0 N–H and O–H groups in total. The highest BCUT2D eigenvalue weighted by Crippen LogP contribution is 2.44. The Kier molecular flexibility index (Phi) is 4.36. The molecule has 3 aromatic rings. The van der Waals surface area contributed by atoms with E-state index in [1.165, 1.54) is 0 Å². The largest absolute Gasteiger partial charge is 0.457 e. The molecule has 2 aromatic carbocycles. The molecule has 3 atom stereocenters. The molecule has 0 aliphatic carbocycles. The molecule has 2 aliphatic rings. The van der Waals surface area contributed by atoms with Crippen LogP contribution in [-0.4, -0.2) is 39.4 Å². The molecular formula is C24H20N4O2. The average Bonchev–Trinajstić information content (AvgIpc) is 3.45. The van der Waals surface area contributed by atoms with Gasteiger partial charge in [-0.25, -0.2) is 0 Å². The van der Waals surface area contributed by atoms with Crippen LogP contribution >= 0.6 is 0 Å². The highest BCUT2D eigenvalue weighted by Gasteiger charge is 2.61. The number of aromatic nitrogens is 1. The number of carbonyl (C=O) groups is 1. The van der Waals surface area contributed by atoms with Gasteiger partial charge in [0.2, 0.25) is 0 Å². The molecule has 3 heterocycles. The van der Waals surface area contributed by atoms with Gasteiger partial charge in [-0.15, -0.1) is 0 Å². The normalized spacial score (nSPS) is 21.7. The van der Waals surface area contributed by atoms with Crippen LogP contribution in [-0.2, 0) is 0 Å². The Balaban J connectivity index is 1.37. The zero-order chi connectivity index (χ0) is 20.7. The summed E-state index contributed by atoms with van der Waals surface area (Å²) >= 11 is 0. The lowest BCUT2D eigenvalue weighted by atomic mass is 10.0. The van der Waals surface area contributed by atoms with Crippen molar-refractivity contribution >= 4 is 5.91 Å². The second-order valence-corrected chi connectivity index (χ2v) is 7.71. The molecule has 6 nitrogen and oxygen atoms in total. The van der Waals surface area contributed by atoms with E-state index < -0.39 is 0 Å². The van der Waals surface area contributed by atoms with Crippen LogP contribution in [0.4, 0.5) is 0 Å². The van der Waals surface area contributed by atoms with Crippen LogP contribution in [0.15, 0.2) is 73.1 Å². The lowest BCUT2D eigenvalue weighted by Gasteiger charge is -2.17. The lowest BCUT2D eigenvalue weighted by Crippen LogP contribution is -2.30. The fourth-order valence-corrected chi connectivity index (χ4v) is 4.27. The number of rotatable bonds is 4. The molecule has 2 saturated heterocycles. The van der Waals surface area contributed by atoms with Crippen LogP contribution in [0.5, 0.6) is 11.5 Å². The van der Waals surface area contributed by atoms with Gasteiger partial charge in [0.25, 0.3) is 5.91 Å². The summed E-state index contributed by atoms with van der Waals surface area (Å²) in [4.78, 5) is 20.7. The minimum absolute atomic E-state index is 0.0321. The van der Waals surface area contributed by atoms with E-state index in [2.05, 4.69) is 18.1 Å². The first kappa shape index (κ1) is 18.2. The summed E-state index contributed by atoms with van der Waals surface area (Å²) in [5, 5.41) is 9.27. The van der Waals surface area contributed by atoms with Crippen LogP contribution in [0, 0.1) is 17.4 Å². The summed E-state index contributed by atoms with van der Waals surface area (Å²) in [6.45, 7) is 2.81. The number of benzene rings is 2. The smallest absolute Gasteiger partial charge is 0.255 e. The summed E-state index contributed by atoms with van der Waals surface area (Å²) in [7, 11) is 0. The Morgan fingerprint density at radius 2 is 1.90 bits per heavy atom. The Hall–Kier alpha value is -3.85. The third kappa shape index (κ3) is 3.05. The van der Waals surface area contributed by atoms with Gasteiger partial charge in [0.1, 0.15) is 17.7 Å². The van der Waals surface area contributed by atoms with Crippen molar-refractivity contribution in [2.24, 2.45) is 5.92 Å². The molecule has 2 fully saturated rings. The van der Waals surface area contributed by atoms with E-state index in [0.29, 0.717) is 17.2 Å². The average molecular weight is 396 g/mol. The number of pyridine rings is 1. The van der Waals surface area contributed by atoms with Gasteiger partial charge in [0.15, 0.2) is 6.19 Å². The molecule has 5 rings (SSSR count). The number of carbonyl (C=O) groups excluding carboxylic acids is 1. The third-order valence-electron chi connectivity index (χ3n) is 5.77. The Morgan fingerprint density at radius 1 is 1.13 bits per heavy atom. The molecule has 30 heavy (non-hydrogen) atoms. The molecular weight excluding hydrogens is 376 g/mol. The van der Waals surface area contributed by atoms with Gasteiger partial charge in [-0.2, -0.15) is 5.26 Å². The zero-order valence-corrected chi connectivity index (χ0v) is 16.5. The van der Waals surface area contributed by atoms with Gasteiger partial charge in [-0.1, -0.05) is 37.3 Å². The first-order valence-electron chi connectivity index (χ1n) is 9.94. The first-order valence-corrected chi connectivity index (χ1v) is 9.94. The van der Waals surface area contributed by atoms with Crippen LogP contribution in [0.2, 0.25) is 0 Å². The maximum absolute atomic E-state index is 12.9. The summed E-state index contributed by atoms with van der Waals surface area (Å²) < 4.78 is 6.02. The minimum atomic E-state index is -0.0821. The van der Waals surface area contributed by atoms with Gasteiger partial charge >= 0.3 is 0 Å². The Bertz CT molecular complexity index is 1120. The number of amides is 1. The van der Waals surface area contributed by atoms with Crippen LogP contribution in [0.1, 0.15) is 17.3 Å². The molecule has 0 saturated carbocycles. The van der Waals surface area contributed by atoms with Crippen molar-refractivity contribution in [3.05, 3.63) is 78.6 Å². The number of hydrogen-bond acceptors (Lipinski definition) is 5. The second kappa shape index (κ2) is 7.20. The summed E-state index contributed by atoms with van der Waals surface area (Å²) in [6, 6.07) is 19.0. The molecule has 0 bridgehead atoms. The maximum Gasteiger partial charge on any atom is 0.255 e. The topological polar surface area (TPSA) is 69.2 Å². The molecule has 1 amide bonds. The second-order valence-electron chi connectivity index (χ2n) is 7.71. The SMILES string of the molecule is CC1CN(C#N)C2[C@@H]1N2C(=O)c1ccc(-c2cnccc2Oc2ccccc2)cc1. The maximum atomic E-state index is 12.9. The number of ether oxygens (including phenoxy) is 1. The van der Waals surface area contributed by atoms with E-state index in [9.17, 15) is 10.1 Å². The number of likely N-dealkylation sites (tertiary alicyclic amines) is 1. The number of para-hydroxylation sites is 1. The molecule has 2 unspecified atom stereocenters. The van der Waals surface area contributed by atoms with Crippen LogP contribution < -0.4 is 4.74 Å². The van der Waals surface area contributed by atoms with Crippen molar-refractivity contribution < 1.29 is 9.53 Å². The van der Waals surface area contributed by atoms with Gasteiger partial charge in [-0.3, -0.25) is 14.7 Å². The van der Waals surface area contributed by atoms with Gasteiger partial charge in [0.05, 0.1) is 6.04 Å². The number of fused-ring (bicyclic) bond motifs is 1. The minimum Gasteiger partial charge on any atom is -0.457 e. The lowest BCUT2D eigenvalue weighted by molar-refractivity contribution is 0.0816. The van der Waals surface area contributed by atoms with E-state index in [1.54, 1.807) is 22.2 Å². The zero-order valence-electron chi connectivity index (χ0n) is 16.5. The van der Waals surface area contributed by atoms with E-state index in [-0.39, 0.29) is 18.1 Å². The van der Waals surface area contributed by atoms with Crippen molar-refractivity contribution in [3.63, 3.8) is 0 Å². The summed E-state index contributed by atoms with van der Waals surface area (Å²) in [5.41, 5.74) is 2.39. The highest BCUT2D eigenvalue weighted by molar-refractivity contribution is 5.97. The molecule has 0 spiro atoms.